The van der Waals surface area contributed by atoms with Crippen molar-refractivity contribution in [1.82, 2.24) is 0 Å². The molecule has 2 aromatic carbocycles. The highest BCUT2D eigenvalue weighted by Gasteiger charge is 2.21. The van der Waals surface area contributed by atoms with Gasteiger partial charge in [-0.15, -0.1) is 11.8 Å². The van der Waals surface area contributed by atoms with Gasteiger partial charge in [-0.25, -0.2) is 0 Å². The quantitative estimate of drug-likeness (QED) is 0.516. The van der Waals surface area contributed by atoms with Gasteiger partial charge in [-0.3, -0.25) is 0 Å². The topological polar surface area (TPSA) is 20.2 Å². The van der Waals surface area contributed by atoms with Crippen LogP contribution in [0.2, 0.25) is 0 Å². The van der Waals surface area contributed by atoms with Gasteiger partial charge in [-0.05, 0) is 24.1 Å². The predicted octanol–water partition coefficient (Wildman–Crippen LogP) is 5.46. The van der Waals surface area contributed by atoms with Crippen LogP contribution in [-0.2, 0) is 0 Å². The minimum Gasteiger partial charge on any atom is -0.387 e. The summed E-state index contributed by atoms with van der Waals surface area (Å²) in [6.45, 7) is 2.22. The van der Waals surface area contributed by atoms with Gasteiger partial charge in [0.1, 0.15) is 0 Å². The molecule has 0 saturated carbocycles. The molecule has 0 heterocycles. The van der Waals surface area contributed by atoms with Gasteiger partial charge in [-0.2, -0.15) is 0 Å². The van der Waals surface area contributed by atoms with Crippen LogP contribution >= 0.6 is 11.8 Å². The molecule has 2 atom stereocenters. The lowest BCUT2D eigenvalue weighted by atomic mass is 10.0. The first kappa shape index (κ1) is 16.1. The summed E-state index contributed by atoms with van der Waals surface area (Å²) < 4.78 is 0. The molecule has 0 bridgehead atoms. The second-order valence-corrected chi connectivity index (χ2v) is 6.63. The van der Waals surface area contributed by atoms with E-state index < -0.39 is 6.10 Å². The summed E-state index contributed by atoms with van der Waals surface area (Å²) in [6.07, 6.45) is 4.25. The van der Waals surface area contributed by atoms with Crippen LogP contribution < -0.4 is 0 Å². The van der Waals surface area contributed by atoms with Crippen LogP contribution in [-0.4, -0.2) is 10.4 Å². The van der Waals surface area contributed by atoms with Crippen molar-refractivity contribution in [3.05, 3.63) is 66.2 Å². The standard InChI is InChI=1S/C19H24OS/c1-2-3-6-15-18(21-17-13-9-5-10-14-17)19(20)16-11-7-4-8-12-16/h4-5,7-14,18-20H,2-3,6,15H2,1H3/t18-,19+/m0/s1. The van der Waals surface area contributed by atoms with Crippen molar-refractivity contribution in [2.45, 2.75) is 48.9 Å². The Morgan fingerprint density at radius 2 is 1.52 bits per heavy atom. The highest BCUT2D eigenvalue weighted by Crippen LogP contribution is 2.35. The maximum atomic E-state index is 10.7. The smallest absolute Gasteiger partial charge is 0.0912 e. The average molecular weight is 300 g/mol. The van der Waals surface area contributed by atoms with Crippen LogP contribution in [0.15, 0.2) is 65.6 Å². The molecule has 0 spiro atoms. The molecular formula is C19H24OS. The van der Waals surface area contributed by atoms with Crippen molar-refractivity contribution in [2.24, 2.45) is 0 Å². The van der Waals surface area contributed by atoms with Crippen LogP contribution in [0.1, 0.15) is 44.3 Å². The monoisotopic (exact) mass is 300 g/mol. The third-order valence-electron chi connectivity index (χ3n) is 3.62. The highest BCUT2D eigenvalue weighted by molar-refractivity contribution is 8.00. The fraction of sp³-hybridized carbons (Fsp3) is 0.368. The molecule has 0 amide bonds. The zero-order valence-corrected chi connectivity index (χ0v) is 13.4. The third kappa shape index (κ3) is 5.22. The first-order valence-corrected chi connectivity index (χ1v) is 8.64. The van der Waals surface area contributed by atoms with E-state index in [0.717, 1.165) is 12.0 Å². The molecule has 1 nitrogen and oxygen atoms in total. The third-order valence-corrected chi connectivity index (χ3v) is 4.96. The molecule has 0 saturated heterocycles. The Hall–Kier alpha value is -1.25. The zero-order chi connectivity index (χ0) is 14.9. The molecule has 0 aromatic heterocycles. The molecule has 2 heteroatoms. The molecule has 0 aliphatic carbocycles. The van der Waals surface area contributed by atoms with Crippen LogP contribution in [0.4, 0.5) is 0 Å². The van der Waals surface area contributed by atoms with Crippen molar-refractivity contribution in [2.75, 3.05) is 0 Å². The van der Waals surface area contributed by atoms with Crippen LogP contribution in [0, 0.1) is 0 Å². The van der Waals surface area contributed by atoms with Gasteiger partial charge >= 0.3 is 0 Å². The number of benzene rings is 2. The number of rotatable bonds is 8. The van der Waals surface area contributed by atoms with Gasteiger partial charge in [0, 0.05) is 10.1 Å². The maximum absolute atomic E-state index is 10.7. The SMILES string of the molecule is CCCCC[C@H](Sc1ccccc1)[C@H](O)c1ccccc1. The minimum absolute atomic E-state index is 0.210. The fourth-order valence-corrected chi connectivity index (χ4v) is 3.65. The molecule has 0 unspecified atom stereocenters. The Morgan fingerprint density at radius 1 is 0.905 bits per heavy atom. The molecule has 2 aromatic rings. The van der Waals surface area contributed by atoms with Gasteiger partial charge < -0.3 is 5.11 Å². The molecule has 21 heavy (non-hydrogen) atoms. The molecule has 0 radical (unpaired) electrons. The summed E-state index contributed by atoms with van der Waals surface area (Å²) in [5.41, 5.74) is 1.02. The van der Waals surface area contributed by atoms with E-state index in [1.54, 1.807) is 11.8 Å². The van der Waals surface area contributed by atoms with E-state index in [9.17, 15) is 5.11 Å². The number of hydrogen-bond acceptors (Lipinski definition) is 2. The summed E-state index contributed by atoms with van der Waals surface area (Å²) >= 11 is 1.79. The number of aliphatic hydroxyl groups is 1. The first-order chi connectivity index (χ1) is 10.3. The van der Waals surface area contributed by atoms with Gasteiger partial charge in [-0.1, -0.05) is 74.7 Å². The molecule has 0 fully saturated rings. The van der Waals surface area contributed by atoms with Crippen LogP contribution in [0.3, 0.4) is 0 Å². The number of aliphatic hydroxyl groups excluding tert-OH is 1. The fourth-order valence-electron chi connectivity index (χ4n) is 2.42. The van der Waals surface area contributed by atoms with E-state index in [0.29, 0.717) is 0 Å². The second kappa shape index (κ2) is 8.91. The Balaban J connectivity index is 2.07. The molecular weight excluding hydrogens is 276 g/mol. The summed E-state index contributed by atoms with van der Waals surface area (Å²) in [4.78, 5) is 1.23. The predicted molar refractivity (Wildman–Crippen MR) is 91.6 cm³/mol. The van der Waals surface area contributed by atoms with Crippen molar-refractivity contribution >= 4 is 11.8 Å². The molecule has 1 N–H and O–H groups in total. The number of hydrogen-bond donors (Lipinski definition) is 1. The maximum Gasteiger partial charge on any atom is 0.0912 e. The summed E-state index contributed by atoms with van der Waals surface area (Å²) in [7, 11) is 0. The Bertz CT molecular complexity index is 497. The van der Waals surface area contributed by atoms with Crippen LogP contribution in [0.25, 0.3) is 0 Å². The van der Waals surface area contributed by atoms with E-state index in [-0.39, 0.29) is 5.25 Å². The van der Waals surface area contributed by atoms with Crippen LogP contribution in [0.5, 0.6) is 0 Å². The summed E-state index contributed by atoms with van der Waals surface area (Å²) in [5.74, 6) is 0. The Kier molecular flexibility index (Phi) is 6.84. The molecule has 112 valence electrons. The summed E-state index contributed by atoms with van der Waals surface area (Å²) in [6, 6.07) is 20.4. The average Bonchev–Trinajstić information content (AvgIpc) is 2.55. The highest BCUT2D eigenvalue weighted by atomic mass is 32.2. The first-order valence-electron chi connectivity index (χ1n) is 7.76. The van der Waals surface area contributed by atoms with E-state index in [4.69, 9.17) is 0 Å². The Labute approximate surface area is 132 Å². The summed E-state index contributed by atoms with van der Waals surface area (Å²) in [5, 5.41) is 10.9. The second-order valence-electron chi connectivity index (χ2n) is 5.32. The zero-order valence-electron chi connectivity index (χ0n) is 12.6. The van der Waals surface area contributed by atoms with Gasteiger partial charge in [0.15, 0.2) is 0 Å². The molecule has 2 rings (SSSR count). The van der Waals surface area contributed by atoms with E-state index in [1.165, 1.54) is 24.2 Å². The van der Waals surface area contributed by atoms with E-state index >= 15 is 0 Å². The molecule has 0 aliphatic heterocycles. The number of unbranched alkanes of at least 4 members (excludes halogenated alkanes) is 2. The lowest BCUT2D eigenvalue weighted by Gasteiger charge is -2.23. The van der Waals surface area contributed by atoms with E-state index in [1.807, 2.05) is 36.4 Å². The Morgan fingerprint density at radius 3 is 2.14 bits per heavy atom. The largest absolute Gasteiger partial charge is 0.387 e. The molecule has 0 aliphatic rings. The van der Waals surface area contributed by atoms with Crippen molar-refractivity contribution < 1.29 is 5.11 Å². The van der Waals surface area contributed by atoms with Crippen molar-refractivity contribution in [3.63, 3.8) is 0 Å². The van der Waals surface area contributed by atoms with E-state index in [2.05, 4.69) is 31.2 Å². The number of thioether (sulfide) groups is 1. The van der Waals surface area contributed by atoms with Gasteiger partial charge in [0.05, 0.1) is 6.10 Å². The van der Waals surface area contributed by atoms with Crippen molar-refractivity contribution in [3.8, 4) is 0 Å². The van der Waals surface area contributed by atoms with Gasteiger partial charge in [0.2, 0.25) is 0 Å². The lowest BCUT2D eigenvalue weighted by Crippen LogP contribution is -2.15. The van der Waals surface area contributed by atoms with Crippen molar-refractivity contribution in [1.29, 1.82) is 0 Å². The normalized spacial score (nSPS) is 13.8. The van der Waals surface area contributed by atoms with Gasteiger partial charge in [0.25, 0.3) is 0 Å². The lowest BCUT2D eigenvalue weighted by molar-refractivity contribution is 0.170. The minimum atomic E-state index is -0.409.